The van der Waals surface area contributed by atoms with Crippen LogP contribution in [0.3, 0.4) is 0 Å². The second-order valence-electron chi connectivity index (χ2n) is 10.2. The molecule has 0 amide bonds. The molecule has 3 aliphatic carbocycles. The number of rotatable bonds is 3. The standard InChI is InChI=1S/C25H30N2O2/c1-23-9-8-19-13-18-4-5-20(28)14-24(18)10-11-25(19,29-24)21(23)6-7-22(23)27-16-17-3-2-12-26-15-17/h2-3,8,12-13,15,21-22,27H,4-7,9-11,14,16H2,1H3. The van der Waals surface area contributed by atoms with Crippen LogP contribution in [0.1, 0.15) is 63.9 Å². The molecule has 3 heterocycles. The number of pyridine rings is 1. The summed E-state index contributed by atoms with van der Waals surface area (Å²) < 4.78 is 7.05. The molecule has 5 aliphatic rings. The molecule has 2 spiro atoms. The van der Waals surface area contributed by atoms with E-state index in [1.54, 1.807) is 0 Å². The molecule has 152 valence electrons. The van der Waals surface area contributed by atoms with Crippen molar-refractivity contribution >= 4 is 5.78 Å². The molecule has 3 fully saturated rings. The summed E-state index contributed by atoms with van der Waals surface area (Å²) in [7, 11) is 0. The van der Waals surface area contributed by atoms with Crippen molar-refractivity contribution in [2.75, 3.05) is 0 Å². The van der Waals surface area contributed by atoms with E-state index in [0.717, 1.165) is 32.2 Å². The first-order valence-corrected chi connectivity index (χ1v) is 11.3. The SMILES string of the molecule is CC12CC=C3C=C4CCC(=O)CC45CCC3(O5)C1CCC2NCc1cccnc1. The lowest BCUT2D eigenvalue weighted by Gasteiger charge is -2.53. The van der Waals surface area contributed by atoms with E-state index in [-0.39, 0.29) is 16.6 Å². The van der Waals surface area contributed by atoms with E-state index in [9.17, 15) is 4.79 Å². The molecule has 5 atom stereocenters. The van der Waals surface area contributed by atoms with Crippen molar-refractivity contribution in [3.05, 3.63) is 53.4 Å². The van der Waals surface area contributed by atoms with Crippen LogP contribution in [0.4, 0.5) is 0 Å². The average molecular weight is 391 g/mol. The van der Waals surface area contributed by atoms with Crippen LogP contribution in [0.5, 0.6) is 0 Å². The predicted molar refractivity (Wildman–Crippen MR) is 111 cm³/mol. The number of nitrogens with one attached hydrogen (secondary N) is 1. The van der Waals surface area contributed by atoms with Crippen LogP contribution in [0.15, 0.2) is 47.8 Å². The third-order valence-corrected chi connectivity index (χ3v) is 8.77. The van der Waals surface area contributed by atoms with Gasteiger partial charge in [0.2, 0.25) is 0 Å². The van der Waals surface area contributed by atoms with E-state index in [0.29, 0.717) is 30.6 Å². The van der Waals surface area contributed by atoms with Crippen molar-refractivity contribution in [1.82, 2.24) is 10.3 Å². The van der Waals surface area contributed by atoms with Crippen LogP contribution in [0.25, 0.3) is 0 Å². The van der Waals surface area contributed by atoms with Crippen molar-refractivity contribution in [2.24, 2.45) is 11.3 Å². The van der Waals surface area contributed by atoms with E-state index < -0.39 is 0 Å². The lowest BCUT2D eigenvalue weighted by atomic mass is 9.60. The Kier molecular flexibility index (Phi) is 3.80. The number of nitrogens with zero attached hydrogens (tertiary/aromatic N) is 1. The number of allylic oxidation sites excluding steroid dienone is 1. The summed E-state index contributed by atoms with van der Waals surface area (Å²) in [5.41, 5.74) is 3.80. The molecule has 1 saturated heterocycles. The highest BCUT2D eigenvalue weighted by Crippen LogP contribution is 2.66. The summed E-state index contributed by atoms with van der Waals surface area (Å²) in [6, 6.07) is 4.64. The molecule has 6 rings (SSSR count). The van der Waals surface area contributed by atoms with E-state index in [1.807, 2.05) is 18.5 Å². The van der Waals surface area contributed by atoms with Gasteiger partial charge in [-0.05, 0) is 72.6 Å². The first-order valence-electron chi connectivity index (χ1n) is 11.3. The Morgan fingerprint density at radius 2 is 2.21 bits per heavy atom. The fourth-order valence-corrected chi connectivity index (χ4v) is 7.30. The number of aromatic nitrogens is 1. The molecule has 5 unspecified atom stereocenters. The summed E-state index contributed by atoms with van der Waals surface area (Å²) in [5.74, 6) is 0.906. The number of ketones is 1. The Bertz CT molecular complexity index is 922. The first kappa shape index (κ1) is 18.0. The number of hydrogen-bond acceptors (Lipinski definition) is 4. The van der Waals surface area contributed by atoms with Crippen molar-refractivity contribution in [2.45, 2.75) is 82.1 Å². The van der Waals surface area contributed by atoms with Crippen molar-refractivity contribution < 1.29 is 9.53 Å². The molecule has 29 heavy (non-hydrogen) atoms. The van der Waals surface area contributed by atoms with Crippen LogP contribution >= 0.6 is 0 Å². The van der Waals surface area contributed by atoms with Gasteiger partial charge in [0.25, 0.3) is 0 Å². The van der Waals surface area contributed by atoms with Crippen LogP contribution in [-0.4, -0.2) is 28.0 Å². The second kappa shape index (κ2) is 6.12. The van der Waals surface area contributed by atoms with Crippen LogP contribution in [0.2, 0.25) is 0 Å². The summed E-state index contributed by atoms with van der Waals surface area (Å²) >= 11 is 0. The smallest absolute Gasteiger partial charge is 0.136 e. The third-order valence-electron chi connectivity index (χ3n) is 8.77. The summed E-state index contributed by atoms with van der Waals surface area (Å²) in [6.07, 6.45) is 16.5. The van der Waals surface area contributed by atoms with Crippen LogP contribution in [0, 0.1) is 11.3 Å². The molecule has 0 aromatic carbocycles. The molecule has 1 aromatic heterocycles. The fourth-order valence-electron chi connectivity index (χ4n) is 7.30. The topological polar surface area (TPSA) is 51.2 Å². The molecule has 0 radical (unpaired) electrons. The molecule has 2 saturated carbocycles. The maximum atomic E-state index is 12.3. The van der Waals surface area contributed by atoms with Gasteiger partial charge in [0.05, 0.1) is 11.2 Å². The monoisotopic (exact) mass is 390 g/mol. The molecular formula is C25H30N2O2. The minimum atomic E-state index is -0.286. The van der Waals surface area contributed by atoms with Crippen molar-refractivity contribution in [1.29, 1.82) is 0 Å². The first-order chi connectivity index (χ1) is 14.0. The van der Waals surface area contributed by atoms with E-state index >= 15 is 0 Å². The van der Waals surface area contributed by atoms with Crippen molar-refractivity contribution in [3.63, 3.8) is 0 Å². The molecular weight excluding hydrogens is 360 g/mol. The highest BCUT2D eigenvalue weighted by Gasteiger charge is 2.66. The number of carbonyl (C=O) groups is 1. The third kappa shape index (κ3) is 2.45. The Morgan fingerprint density at radius 3 is 3.07 bits per heavy atom. The minimum absolute atomic E-state index is 0.168. The maximum absolute atomic E-state index is 12.3. The van der Waals surface area contributed by atoms with Gasteiger partial charge in [-0.2, -0.15) is 0 Å². The second-order valence-corrected chi connectivity index (χ2v) is 10.2. The highest BCUT2D eigenvalue weighted by atomic mass is 16.5. The summed E-state index contributed by atoms with van der Waals surface area (Å²) in [6.45, 7) is 3.33. The molecule has 1 N–H and O–H groups in total. The molecule has 1 aromatic rings. The maximum Gasteiger partial charge on any atom is 0.136 e. The van der Waals surface area contributed by atoms with E-state index in [2.05, 4.69) is 35.4 Å². The van der Waals surface area contributed by atoms with Gasteiger partial charge < -0.3 is 10.1 Å². The Labute approximate surface area is 172 Å². The van der Waals surface area contributed by atoms with E-state index in [1.165, 1.54) is 29.6 Å². The Balaban J connectivity index is 1.31. The van der Waals surface area contributed by atoms with Gasteiger partial charge in [0.15, 0.2) is 0 Å². The van der Waals surface area contributed by atoms with Gasteiger partial charge in [-0.3, -0.25) is 9.78 Å². The molecule has 2 aliphatic heterocycles. The fraction of sp³-hybridized carbons (Fsp3) is 0.600. The van der Waals surface area contributed by atoms with Crippen LogP contribution in [-0.2, 0) is 16.1 Å². The zero-order valence-electron chi connectivity index (χ0n) is 17.2. The van der Waals surface area contributed by atoms with Crippen LogP contribution < -0.4 is 5.32 Å². The Morgan fingerprint density at radius 1 is 1.28 bits per heavy atom. The molecule has 4 heteroatoms. The van der Waals surface area contributed by atoms with Crippen molar-refractivity contribution in [3.8, 4) is 0 Å². The molecule has 2 bridgehead atoms. The van der Waals surface area contributed by atoms with Gasteiger partial charge >= 0.3 is 0 Å². The van der Waals surface area contributed by atoms with Gasteiger partial charge in [0, 0.05) is 37.8 Å². The van der Waals surface area contributed by atoms with Gasteiger partial charge in [-0.1, -0.05) is 25.1 Å². The number of carbonyl (C=O) groups excluding carboxylic acids is 1. The van der Waals surface area contributed by atoms with Gasteiger partial charge in [-0.15, -0.1) is 0 Å². The predicted octanol–water partition coefficient (Wildman–Crippen LogP) is 4.27. The lowest BCUT2D eigenvalue weighted by molar-refractivity contribution is -0.147. The van der Waals surface area contributed by atoms with E-state index in [4.69, 9.17) is 4.74 Å². The lowest BCUT2D eigenvalue weighted by Crippen LogP contribution is -2.56. The number of fused-ring (bicyclic) bond motifs is 1. The number of hydrogen-bond donors (Lipinski definition) is 1. The molecule has 4 nitrogen and oxygen atoms in total. The summed E-state index contributed by atoms with van der Waals surface area (Å²) in [5, 5.41) is 3.86. The normalized spacial score (nSPS) is 42.6. The summed E-state index contributed by atoms with van der Waals surface area (Å²) in [4.78, 5) is 16.5. The largest absolute Gasteiger partial charge is 0.359 e. The minimum Gasteiger partial charge on any atom is -0.359 e. The average Bonchev–Trinajstić information content (AvgIpc) is 3.22. The number of ether oxygens (including phenoxy) is 1. The number of Topliss-reactive ketones (excluding diaryl/α,β-unsaturated/α-hetero) is 1. The Hall–Kier alpha value is -1.78. The quantitative estimate of drug-likeness (QED) is 0.838. The van der Waals surface area contributed by atoms with Gasteiger partial charge in [0.1, 0.15) is 5.78 Å². The highest BCUT2D eigenvalue weighted by molar-refractivity contribution is 5.82. The zero-order valence-corrected chi connectivity index (χ0v) is 17.2. The van der Waals surface area contributed by atoms with Gasteiger partial charge in [-0.25, -0.2) is 0 Å². The zero-order chi connectivity index (χ0) is 19.7.